The minimum Gasteiger partial charge on any atom is -0.340 e. The van der Waals surface area contributed by atoms with Crippen molar-refractivity contribution in [2.24, 2.45) is 0 Å². The number of aromatic nitrogens is 2. The molecule has 34 heavy (non-hydrogen) atoms. The molecule has 8 bridgehead atoms. The Hall–Kier alpha value is -3.56. The fourth-order valence-electron chi connectivity index (χ4n) is 6.06. The normalized spacial score (nSPS) is 15.2. The molecule has 3 nitrogen and oxygen atoms in total. The van der Waals surface area contributed by atoms with Gasteiger partial charge in [0.05, 0.1) is 0 Å². The van der Waals surface area contributed by atoms with Gasteiger partial charge in [0.25, 0.3) is 0 Å². The number of para-hydroxylation sites is 2. The molecule has 0 spiro atoms. The number of aryl methyl sites for hydroxylation is 2. The maximum Gasteiger partial charge on any atom is 0.0491 e. The lowest BCUT2D eigenvalue weighted by molar-refractivity contribution is 0.271. The highest BCUT2D eigenvalue weighted by atomic mass is 15.1. The zero-order chi connectivity index (χ0) is 22.6. The van der Waals surface area contributed by atoms with Gasteiger partial charge >= 0.3 is 0 Å². The van der Waals surface area contributed by atoms with Crippen LogP contribution in [0.5, 0.6) is 0 Å². The topological polar surface area (TPSA) is 13.1 Å². The summed E-state index contributed by atoms with van der Waals surface area (Å²) < 4.78 is 5.06. The summed E-state index contributed by atoms with van der Waals surface area (Å²) in [5.74, 6) is 0. The van der Waals surface area contributed by atoms with E-state index in [0.29, 0.717) is 0 Å². The third-order valence-corrected chi connectivity index (χ3v) is 7.70. The molecule has 6 heterocycles. The minimum absolute atomic E-state index is 0.964. The second-order valence-corrected chi connectivity index (χ2v) is 9.70. The Morgan fingerprint density at radius 1 is 0.559 bits per heavy atom. The van der Waals surface area contributed by atoms with Gasteiger partial charge in [-0.2, -0.15) is 0 Å². The van der Waals surface area contributed by atoms with Crippen molar-refractivity contribution in [1.29, 1.82) is 0 Å². The lowest BCUT2D eigenvalue weighted by atomic mass is 10.1. The number of rotatable bonds is 1. The van der Waals surface area contributed by atoms with Crippen molar-refractivity contribution in [2.45, 2.75) is 39.5 Å². The van der Waals surface area contributed by atoms with Crippen LogP contribution in [0.25, 0.3) is 43.6 Å². The minimum atomic E-state index is 0.964. The van der Waals surface area contributed by atoms with Gasteiger partial charge in [-0.25, -0.2) is 0 Å². The average molecular weight is 444 g/mol. The third-order valence-electron chi connectivity index (χ3n) is 7.70. The smallest absolute Gasteiger partial charge is 0.0491 e. The van der Waals surface area contributed by atoms with E-state index in [1.165, 1.54) is 54.7 Å². The number of nitrogens with zero attached hydrogens (tertiary/aromatic N) is 3. The van der Waals surface area contributed by atoms with Gasteiger partial charge in [-0.1, -0.05) is 55.5 Å². The van der Waals surface area contributed by atoms with Crippen LogP contribution in [-0.2, 0) is 26.2 Å². The van der Waals surface area contributed by atoms with Gasteiger partial charge in [-0.15, -0.1) is 0 Å². The van der Waals surface area contributed by atoms with Crippen molar-refractivity contribution in [3.05, 3.63) is 96.1 Å². The largest absolute Gasteiger partial charge is 0.340 e. The van der Waals surface area contributed by atoms with Crippen molar-refractivity contribution in [1.82, 2.24) is 14.0 Å². The lowest BCUT2D eigenvalue weighted by Crippen LogP contribution is -2.22. The molecule has 4 aliphatic heterocycles. The molecule has 10 rings (SSSR count). The maximum absolute atomic E-state index is 2.55. The molecule has 3 heteroatoms. The van der Waals surface area contributed by atoms with Gasteiger partial charge < -0.3 is 9.13 Å². The van der Waals surface area contributed by atoms with E-state index >= 15 is 0 Å². The van der Waals surface area contributed by atoms with Crippen LogP contribution in [0.4, 0.5) is 0 Å². The summed E-state index contributed by atoms with van der Waals surface area (Å²) in [4.78, 5) is 2.55. The van der Waals surface area contributed by atoms with Crippen LogP contribution in [0.15, 0.2) is 84.9 Å². The first-order valence-electron chi connectivity index (χ1n) is 12.5. The van der Waals surface area contributed by atoms with E-state index in [0.717, 1.165) is 39.1 Å². The van der Waals surface area contributed by atoms with Gasteiger partial charge in [-0.3, -0.25) is 4.90 Å². The molecule has 4 aliphatic rings. The van der Waals surface area contributed by atoms with Crippen LogP contribution >= 0.6 is 0 Å². The van der Waals surface area contributed by atoms with E-state index in [9.17, 15) is 0 Å². The van der Waals surface area contributed by atoms with Crippen LogP contribution in [0, 0.1) is 0 Å². The summed E-state index contributed by atoms with van der Waals surface area (Å²) in [5, 5.41) is 5.50. The Labute approximate surface area is 199 Å². The highest BCUT2D eigenvalue weighted by Crippen LogP contribution is 2.33. The van der Waals surface area contributed by atoms with E-state index in [1.54, 1.807) is 0 Å². The number of hydrogen-bond acceptors (Lipinski definition) is 1. The Kier molecular flexibility index (Phi) is 4.53. The van der Waals surface area contributed by atoms with Crippen molar-refractivity contribution in [2.75, 3.05) is 6.54 Å². The molecule has 0 saturated heterocycles. The first-order chi connectivity index (χ1) is 16.8. The summed E-state index contributed by atoms with van der Waals surface area (Å²) in [6.07, 6.45) is 1.09. The quantitative estimate of drug-likeness (QED) is 0.259. The van der Waals surface area contributed by atoms with Gasteiger partial charge in [0, 0.05) is 69.8 Å². The SMILES string of the molecule is CCN1Cc2ccc3c(c2)c2ccccc2n3CCCn2c3ccccc3c3cc(ccc32)C1. The van der Waals surface area contributed by atoms with E-state index in [-0.39, 0.29) is 0 Å². The van der Waals surface area contributed by atoms with E-state index in [1.807, 2.05) is 0 Å². The molecule has 0 atom stereocenters. The van der Waals surface area contributed by atoms with Gasteiger partial charge in [0.1, 0.15) is 0 Å². The standard InChI is InChI=1S/C31H29N3/c1-2-32-20-22-12-14-30-26(18-22)24-8-3-5-10-28(24)33(30)16-7-17-34-29-11-6-4-9-25(29)27-19-23(21-32)13-15-31(27)34/h3-6,8-15,18-19H,2,7,16-17,20-21H2,1H3. The van der Waals surface area contributed by atoms with Crippen molar-refractivity contribution in [3.8, 4) is 0 Å². The predicted molar refractivity (Wildman–Crippen MR) is 143 cm³/mol. The Bertz CT molecular complexity index is 1560. The summed E-state index contributed by atoms with van der Waals surface area (Å²) in [5.41, 5.74) is 8.18. The van der Waals surface area contributed by atoms with E-state index in [2.05, 4.69) is 106 Å². The van der Waals surface area contributed by atoms with Gasteiger partial charge in [0.2, 0.25) is 0 Å². The molecule has 0 unspecified atom stereocenters. The lowest BCUT2D eigenvalue weighted by Gasteiger charge is -2.21. The first kappa shape index (κ1) is 19.9. The van der Waals surface area contributed by atoms with Crippen molar-refractivity contribution >= 4 is 43.6 Å². The first-order valence-corrected chi connectivity index (χ1v) is 12.5. The molecule has 0 fully saturated rings. The summed E-state index contributed by atoms with van der Waals surface area (Å²) in [6.45, 7) is 7.25. The zero-order valence-corrected chi connectivity index (χ0v) is 19.7. The van der Waals surface area contributed by atoms with E-state index < -0.39 is 0 Å². The fourth-order valence-corrected chi connectivity index (χ4v) is 6.06. The molecule has 2 aromatic heterocycles. The van der Waals surface area contributed by atoms with Gasteiger partial charge in [-0.05, 0) is 60.5 Å². The molecule has 6 aromatic rings. The van der Waals surface area contributed by atoms with Crippen molar-refractivity contribution in [3.63, 3.8) is 0 Å². The summed E-state index contributed by atoms with van der Waals surface area (Å²) in [6, 6.07) is 32.0. The Morgan fingerprint density at radius 2 is 1.03 bits per heavy atom. The third kappa shape index (κ3) is 3.00. The van der Waals surface area contributed by atoms with Crippen LogP contribution in [0.3, 0.4) is 0 Å². The second kappa shape index (κ2) is 7.75. The highest BCUT2D eigenvalue weighted by Gasteiger charge is 2.15. The second-order valence-electron chi connectivity index (χ2n) is 9.70. The van der Waals surface area contributed by atoms with Crippen LogP contribution in [0.2, 0.25) is 0 Å². The summed E-state index contributed by atoms with van der Waals surface area (Å²) >= 11 is 0. The molecule has 4 aromatic carbocycles. The zero-order valence-electron chi connectivity index (χ0n) is 19.7. The van der Waals surface area contributed by atoms with Gasteiger partial charge in [0.15, 0.2) is 0 Å². The van der Waals surface area contributed by atoms with E-state index in [4.69, 9.17) is 0 Å². The molecule has 0 radical (unpaired) electrons. The molecule has 0 amide bonds. The maximum atomic E-state index is 2.55. The Morgan fingerprint density at radius 3 is 1.53 bits per heavy atom. The number of fused-ring (bicyclic) bond motifs is 2. The molecule has 168 valence electrons. The summed E-state index contributed by atoms with van der Waals surface area (Å²) in [7, 11) is 0. The molecule has 0 aliphatic carbocycles. The molecular weight excluding hydrogens is 414 g/mol. The van der Waals surface area contributed by atoms with Crippen LogP contribution < -0.4 is 0 Å². The number of benzene rings is 4. The molecule has 0 N–H and O–H groups in total. The van der Waals surface area contributed by atoms with Crippen LogP contribution in [-0.4, -0.2) is 20.6 Å². The molecule has 0 saturated carbocycles. The predicted octanol–water partition coefficient (Wildman–Crippen LogP) is 7.33. The average Bonchev–Trinajstić information content (AvgIpc) is 3.36. The Balaban J connectivity index is 1.45. The monoisotopic (exact) mass is 443 g/mol. The fraction of sp³-hybridized carbons (Fsp3) is 0.226. The number of hydrogen-bond donors (Lipinski definition) is 0. The highest BCUT2D eigenvalue weighted by molar-refractivity contribution is 6.09. The molecular formula is C31H29N3. The van der Waals surface area contributed by atoms with Crippen molar-refractivity contribution < 1.29 is 0 Å². The van der Waals surface area contributed by atoms with Crippen LogP contribution in [0.1, 0.15) is 24.5 Å².